The Labute approximate surface area is 130 Å². The van der Waals surface area contributed by atoms with Crippen molar-refractivity contribution >= 4 is 17.4 Å². The Morgan fingerprint density at radius 1 is 1.27 bits per heavy atom. The topological polar surface area (TPSA) is 113 Å². The minimum atomic E-state index is -0.456. The number of rotatable bonds is 4. The number of benzene rings is 1. The molecule has 22 heavy (non-hydrogen) atoms. The van der Waals surface area contributed by atoms with Crippen LogP contribution in [0.3, 0.4) is 0 Å². The van der Waals surface area contributed by atoms with E-state index in [1.807, 2.05) is 13.0 Å². The van der Waals surface area contributed by atoms with Crippen molar-refractivity contribution in [1.29, 1.82) is 0 Å². The predicted octanol–water partition coefficient (Wildman–Crippen LogP) is 2.80. The lowest BCUT2D eigenvalue weighted by Crippen LogP contribution is -2.03. The molecule has 2 N–H and O–H groups in total. The van der Waals surface area contributed by atoms with Crippen molar-refractivity contribution in [3.8, 4) is 17.3 Å². The molecule has 9 heteroatoms. The number of anilines is 1. The maximum atomic E-state index is 5.98. The first-order valence-corrected chi connectivity index (χ1v) is 6.77. The predicted molar refractivity (Wildman–Crippen MR) is 77.2 cm³/mol. The highest BCUT2D eigenvalue weighted by Gasteiger charge is 2.20. The van der Waals surface area contributed by atoms with E-state index in [0.717, 1.165) is 5.56 Å². The number of aryl methyl sites for hydroxylation is 1. The Balaban J connectivity index is 1.78. The molecule has 0 fully saturated rings. The number of nitrogen functional groups attached to an aromatic ring is 1. The van der Waals surface area contributed by atoms with Crippen LogP contribution >= 0.6 is 11.6 Å². The van der Waals surface area contributed by atoms with Crippen LogP contribution in [0.15, 0.2) is 27.4 Å². The van der Waals surface area contributed by atoms with Crippen LogP contribution in [0.5, 0.6) is 5.75 Å². The summed E-state index contributed by atoms with van der Waals surface area (Å²) in [7, 11) is 0. The van der Waals surface area contributed by atoms with Gasteiger partial charge in [0, 0.05) is 5.02 Å². The second kappa shape index (κ2) is 5.64. The van der Waals surface area contributed by atoms with E-state index in [1.165, 1.54) is 0 Å². The van der Waals surface area contributed by atoms with E-state index < -0.39 is 6.10 Å². The van der Waals surface area contributed by atoms with Gasteiger partial charge in [-0.3, -0.25) is 0 Å². The summed E-state index contributed by atoms with van der Waals surface area (Å²) < 4.78 is 15.4. The second-order valence-corrected chi connectivity index (χ2v) is 5.03. The zero-order valence-corrected chi connectivity index (χ0v) is 12.5. The molecule has 0 aliphatic heterocycles. The summed E-state index contributed by atoms with van der Waals surface area (Å²) in [5.41, 5.74) is 6.72. The molecule has 0 saturated heterocycles. The summed E-state index contributed by atoms with van der Waals surface area (Å²) >= 11 is 5.98. The Morgan fingerprint density at radius 2 is 2.09 bits per heavy atom. The molecular formula is C13H12ClN5O3. The minimum absolute atomic E-state index is 0.0919. The van der Waals surface area contributed by atoms with Crippen LogP contribution in [0, 0.1) is 6.92 Å². The van der Waals surface area contributed by atoms with E-state index in [0.29, 0.717) is 10.8 Å². The van der Waals surface area contributed by atoms with Gasteiger partial charge in [0.25, 0.3) is 5.89 Å². The quantitative estimate of drug-likeness (QED) is 0.780. The molecule has 0 bridgehead atoms. The average molecular weight is 322 g/mol. The van der Waals surface area contributed by atoms with E-state index in [2.05, 4.69) is 25.1 Å². The molecule has 8 nitrogen and oxygen atoms in total. The number of ether oxygens (including phenoxy) is 1. The fourth-order valence-electron chi connectivity index (χ4n) is 1.79. The molecule has 1 atom stereocenters. The van der Waals surface area contributed by atoms with Gasteiger partial charge in [-0.15, -0.1) is 0 Å². The Kier molecular flexibility index (Phi) is 3.68. The van der Waals surface area contributed by atoms with Gasteiger partial charge in [0.2, 0.25) is 5.82 Å². The number of nitrogens with two attached hydrogens (primary N) is 1. The molecule has 0 unspecified atom stereocenters. The van der Waals surface area contributed by atoms with Crippen LogP contribution < -0.4 is 10.5 Å². The molecule has 2 heterocycles. The van der Waals surface area contributed by atoms with E-state index in [1.54, 1.807) is 19.1 Å². The zero-order valence-electron chi connectivity index (χ0n) is 11.8. The van der Waals surface area contributed by atoms with Gasteiger partial charge in [0.15, 0.2) is 17.6 Å². The number of aromatic nitrogens is 4. The number of halogens is 1. The lowest BCUT2D eigenvalue weighted by molar-refractivity contribution is 0.175. The standard InChI is InChI=1S/C13H12ClN5O3/c1-6-5-8(3-4-9(6)14)20-7(2)13-16-12(19-21-13)10-11(15)18-22-17-10/h3-5,7H,1-2H3,(H2,15,18)/t7-/m0/s1. The molecule has 2 aromatic heterocycles. The highest BCUT2D eigenvalue weighted by molar-refractivity contribution is 6.31. The first-order valence-electron chi connectivity index (χ1n) is 6.39. The Hall–Kier alpha value is -2.61. The summed E-state index contributed by atoms with van der Waals surface area (Å²) in [6, 6.07) is 5.36. The van der Waals surface area contributed by atoms with Crippen LogP contribution in [0.2, 0.25) is 5.02 Å². The first-order chi connectivity index (χ1) is 10.5. The highest BCUT2D eigenvalue weighted by Crippen LogP contribution is 2.26. The van der Waals surface area contributed by atoms with Crippen LogP contribution in [-0.2, 0) is 0 Å². The molecule has 3 rings (SSSR count). The SMILES string of the molecule is Cc1cc(O[C@@H](C)c2nc(-c3nonc3N)no2)ccc1Cl. The van der Waals surface area contributed by atoms with Crippen molar-refractivity contribution in [3.63, 3.8) is 0 Å². The average Bonchev–Trinajstić information content (AvgIpc) is 3.11. The number of hydrogen-bond donors (Lipinski definition) is 1. The van der Waals surface area contributed by atoms with Crippen molar-refractivity contribution in [1.82, 2.24) is 20.5 Å². The molecule has 0 radical (unpaired) electrons. The van der Waals surface area contributed by atoms with Crippen molar-refractivity contribution in [2.45, 2.75) is 20.0 Å². The minimum Gasteiger partial charge on any atom is -0.481 e. The second-order valence-electron chi connectivity index (χ2n) is 4.63. The van der Waals surface area contributed by atoms with Crippen LogP contribution in [0.1, 0.15) is 24.5 Å². The lowest BCUT2D eigenvalue weighted by atomic mass is 10.2. The van der Waals surface area contributed by atoms with Gasteiger partial charge in [0.1, 0.15) is 5.75 Å². The lowest BCUT2D eigenvalue weighted by Gasteiger charge is -2.11. The van der Waals surface area contributed by atoms with Gasteiger partial charge in [-0.05, 0) is 47.9 Å². The third-order valence-electron chi connectivity index (χ3n) is 2.96. The van der Waals surface area contributed by atoms with Crippen molar-refractivity contribution < 1.29 is 13.9 Å². The molecule has 114 valence electrons. The highest BCUT2D eigenvalue weighted by atomic mass is 35.5. The van der Waals surface area contributed by atoms with Gasteiger partial charge >= 0.3 is 0 Å². The summed E-state index contributed by atoms with van der Waals surface area (Å²) in [6.07, 6.45) is -0.456. The maximum absolute atomic E-state index is 5.98. The molecule has 3 aromatic rings. The Bertz CT molecular complexity index is 801. The molecule has 0 aliphatic carbocycles. The number of hydrogen-bond acceptors (Lipinski definition) is 8. The van der Waals surface area contributed by atoms with Gasteiger partial charge in [-0.2, -0.15) is 4.98 Å². The summed E-state index contributed by atoms with van der Waals surface area (Å²) in [5.74, 6) is 1.22. The van der Waals surface area contributed by atoms with E-state index >= 15 is 0 Å². The van der Waals surface area contributed by atoms with E-state index in [9.17, 15) is 0 Å². The van der Waals surface area contributed by atoms with Crippen molar-refractivity contribution in [3.05, 3.63) is 34.7 Å². The molecule has 0 amide bonds. The molecule has 0 saturated carbocycles. The van der Waals surface area contributed by atoms with Gasteiger partial charge < -0.3 is 15.0 Å². The molecular weight excluding hydrogens is 310 g/mol. The smallest absolute Gasteiger partial charge is 0.267 e. The zero-order chi connectivity index (χ0) is 15.7. The van der Waals surface area contributed by atoms with Gasteiger partial charge in [-0.25, -0.2) is 4.63 Å². The van der Waals surface area contributed by atoms with Gasteiger partial charge in [-0.1, -0.05) is 16.8 Å². The fraction of sp³-hybridized carbons (Fsp3) is 0.231. The van der Waals surface area contributed by atoms with Crippen LogP contribution in [-0.4, -0.2) is 20.5 Å². The Morgan fingerprint density at radius 3 is 2.77 bits per heavy atom. The number of nitrogens with zero attached hydrogens (tertiary/aromatic N) is 4. The molecule has 1 aromatic carbocycles. The molecule has 0 spiro atoms. The maximum Gasteiger partial charge on any atom is 0.267 e. The normalized spacial score (nSPS) is 12.3. The van der Waals surface area contributed by atoms with Crippen LogP contribution in [0.25, 0.3) is 11.5 Å². The third-order valence-corrected chi connectivity index (χ3v) is 3.38. The van der Waals surface area contributed by atoms with Crippen molar-refractivity contribution in [2.24, 2.45) is 0 Å². The van der Waals surface area contributed by atoms with E-state index in [4.69, 9.17) is 26.6 Å². The first kappa shape index (κ1) is 14.3. The van der Waals surface area contributed by atoms with Crippen molar-refractivity contribution in [2.75, 3.05) is 5.73 Å². The molecule has 0 aliphatic rings. The largest absolute Gasteiger partial charge is 0.481 e. The fourth-order valence-corrected chi connectivity index (χ4v) is 1.91. The van der Waals surface area contributed by atoms with Gasteiger partial charge in [0.05, 0.1) is 0 Å². The third kappa shape index (κ3) is 2.73. The summed E-state index contributed by atoms with van der Waals surface area (Å²) in [5, 5.41) is 11.5. The van der Waals surface area contributed by atoms with Crippen LogP contribution in [0.4, 0.5) is 5.82 Å². The summed E-state index contributed by atoms with van der Waals surface area (Å²) in [4.78, 5) is 4.18. The van der Waals surface area contributed by atoms with E-state index in [-0.39, 0.29) is 23.2 Å². The monoisotopic (exact) mass is 321 g/mol. The summed E-state index contributed by atoms with van der Waals surface area (Å²) in [6.45, 7) is 3.68.